The third-order valence-corrected chi connectivity index (χ3v) is 4.26. The van der Waals surface area contributed by atoms with E-state index < -0.39 is 18.5 Å². The first kappa shape index (κ1) is 22.3. The molecule has 0 aromatic heterocycles. The van der Waals surface area contributed by atoms with E-state index in [4.69, 9.17) is 26.2 Å². The van der Waals surface area contributed by atoms with Gasteiger partial charge in [-0.3, -0.25) is 4.79 Å². The summed E-state index contributed by atoms with van der Waals surface area (Å²) in [5.41, 5.74) is 0.805. The van der Waals surface area contributed by atoms with Crippen molar-refractivity contribution in [2.24, 2.45) is 0 Å². The normalized spacial score (nSPS) is 10.8. The lowest BCUT2D eigenvalue weighted by atomic mass is 10.1. The third-order valence-electron chi connectivity index (χ3n) is 3.45. The van der Waals surface area contributed by atoms with E-state index in [1.54, 1.807) is 31.2 Å². The van der Waals surface area contributed by atoms with Crippen molar-refractivity contribution in [2.75, 3.05) is 18.5 Å². The molecule has 0 aliphatic rings. The molecule has 0 radical (unpaired) electrons. The van der Waals surface area contributed by atoms with Gasteiger partial charge in [-0.2, -0.15) is 5.26 Å². The van der Waals surface area contributed by atoms with Gasteiger partial charge in [0.25, 0.3) is 5.91 Å². The van der Waals surface area contributed by atoms with Gasteiger partial charge in [0.2, 0.25) is 0 Å². The summed E-state index contributed by atoms with van der Waals surface area (Å²) in [6.45, 7) is 1.43. The number of hydrogen-bond donors (Lipinski definition) is 2. The molecule has 0 saturated carbocycles. The first-order valence-electron chi connectivity index (χ1n) is 8.33. The van der Waals surface area contributed by atoms with Crippen molar-refractivity contribution in [3.05, 3.63) is 57.0 Å². The van der Waals surface area contributed by atoms with Crippen molar-refractivity contribution in [2.45, 2.75) is 6.92 Å². The maximum atomic E-state index is 12.4. The zero-order chi connectivity index (χ0) is 21.4. The van der Waals surface area contributed by atoms with Crippen LogP contribution in [0.2, 0.25) is 5.02 Å². The molecule has 2 rings (SSSR count). The molecule has 2 aromatic rings. The van der Waals surface area contributed by atoms with Gasteiger partial charge >= 0.3 is 5.97 Å². The number of rotatable bonds is 8. The Morgan fingerprint density at radius 1 is 1.28 bits per heavy atom. The van der Waals surface area contributed by atoms with Crippen molar-refractivity contribution in [1.82, 2.24) is 0 Å². The molecule has 0 bridgehead atoms. The van der Waals surface area contributed by atoms with Gasteiger partial charge in [-0.1, -0.05) is 27.5 Å². The minimum absolute atomic E-state index is 0.0749. The smallest absolute Gasteiger partial charge is 0.341 e. The van der Waals surface area contributed by atoms with Crippen LogP contribution in [0.25, 0.3) is 6.08 Å². The Balaban J connectivity index is 2.31. The number of hydrogen-bond acceptors (Lipinski definition) is 5. The minimum atomic E-state index is -1.16. The molecule has 29 heavy (non-hydrogen) atoms. The second-order valence-corrected chi connectivity index (χ2v) is 6.90. The molecule has 9 heteroatoms. The average molecular weight is 480 g/mol. The van der Waals surface area contributed by atoms with Gasteiger partial charge in [0.15, 0.2) is 18.1 Å². The predicted molar refractivity (Wildman–Crippen MR) is 112 cm³/mol. The minimum Gasteiger partial charge on any atom is -0.490 e. The van der Waals surface area contributed by atoms with Crippen molar-refractivity contribution >= 4 is 51.2 Å². The van der Waals surface area contributed by atoms with Crippen LogP contribution >= 0.6 is 27.5 Å². The van der Waals surface area contributed by atoms with Crippen molar-refractivity contribution < 1.29 is 24.2 Å². The average Bonchev–Trinajstić information content (AvgIpc) is 2.67. The molecule has 150 valence electrons. The topological polar surface area (TPSA) is 109 Å². The third kappa shape index (κ3) is 6.52. The Bertz CT molecular complexity index is 984. The van der Waals surface area contributed by atoms with E-state index in [1.807, 2.05) is 6.07 Å². The number of carboxylic acids is 1. The van der Waals surface area contributed by atoms with Gasteiger partial charge in [0.1, 0.15) is 11.6 Å². The number of halogens is 2. The molecule has 0 heterocycles. The molecule has 0 saturated heterocycles. The van der Waals surface area contributed by atoms with Gasteiger partial charge < -0.3 is 19.9 Å². The number of anilines is 1. The van der Waals surface area contributed by atoms with Crippen LogP contribution in [0.5, 0.6) is 11.5 Å². The molecular formula is C20H16BrClN2O5. The summed E-state index contributed by atoms with van der Waals surface area (Å²) >= 11 is 9.50. The maximum Gasteiger partial charge on any atom is 0.341 e. The van der Waals surface area contributed by atoms with Crippen LogP contribution in [0.1, 0.15) is 12.5 Å². The monoisotopic (exact) mass is 478 g/mol. The maximum absolute atomic E-state index is 12.4. The van der Waals surface area contributed by atoms with Crippen LogP contribution in [-0.2, 0) is 9.59 Å². The lowest BCUT2D eigenvalue weighted by molar-refractivity contribution is -0.139. The molecule has 0 atom stereocenters. The van der Waals surface area contributed by atoms with Crippen LogP contribution in [0.4, 0.5) is 5.69 Å². The van der Waals surface area contributed by atoms with E-state index in [2.05, 4.69) is 21.2 Å². The summed E-state index contributed by atoms with van der Waals surface area (Å²) in [5, 5.41) is 20.9. The quantitative estimate of drug-likeness (QED) is 0.426. The predicted octanol–water partition coefficient (Wildman–Crippen LogP) is 4.51. The summed E-state index contributed by atoms with van der Waals surface area (Å²) in [7, 11) is 0. The number of nitrogens with one attached hydrogen (secondary N) is 1. The lowest BCUT2D eigenvalue weighted by Gasteiger charge is -2.13. The summed E-state index contributed by atoms with van der Waals surface area (Å²) in [5.74, 6) is -1.47. The number of carboxylic acid groups (broad SMARTS) is 1. The number of nitriles is 1. The molecule has 1 amide bonds. The Morgan fingerprint density at radius 3 is 2.55 bits per heavy atom. The van der Waals surface area contributed by atoms with E-state index >= 15 is 0 Å². The molecule has 0 fully saturated rings. The molecule has 2 aromatic carbocycles. The molecule has 0 aliphatic carbocycles. The summed E-state index contributed by atoms with van der Waals surface area (Å²) in [6, 6.07) is 11.7. The highest BCUT2D eigenvalue weighted by Gasteiger charge is 2.15. The van der Waals surface area contributed by atoms with Crippen LogP contribution in [-0.4, -0.2) is 30.2 Å². The highest BCUT2D eigenvalue weighted by Crippen LogP contribution is 2.37. The van der Waals surface area contributed by atoms with Crippen LogP contribution in [0, 0.1) is 11.3 Å². The van der Waals surface area contributed by atoms with E-state index in [-0.39, 0.29) is 28.7 Å². The fourth-order valence-corrected chi connectivity index (χ4v) is 2.79. The number of nitrogens with zero attached hydrogens (tertiary/aromatic N) is 1. The summed E-state index contributed by atoms with van der Waals surface area (Å²) < 4.78 is 11.5. The van der Waals surface area contributed by atoms with Gasteiger partial charge in [-0.15, -0.1) is 0 Å². The Morgan fingerprint density at radius 2 is 1.97 bits per heavy atom. The molecule has 0 aliphatic heterocycles. The second kappa shape index (κ2) is 10.5. The Labute approximate surface area is 180 Å². The molecule has 0 unspecified atom stereocenters. The zero-order valence-electron chi connectivity index (χ0n) is 15.2. The first-order valence-corrected chi connectivity index (χ1v) is 9.50. The zero-order valence-corrected chi connectivity index (χ0v) is 17.6. The van der Waals surface area contributed by atoms with Crippen molar-refractivity contribution in [3.8, 4) is 17.6 Å². The highest BCUT2D eigenvalue weighted by atomic mass is 79.9. The molecule has 0 spiro atoms. The summed E-state index contributed by atoms with van der Waals surface area (Å²) in [6.07, 6.45) is 1.35. The SMILES string of the molecule is CCOc1cc(/C=C(\C#N)C(=O)Nc2ccc(Br)cc2)cc(Cl)c1OCC(=O)O. The molecular weight excluding hydrogens is 464 g/mol. The van der Waals surface area contributed by atoms with Gasteiger partial charge in [0.05, 0.1) is 11.6 Å². The summed E-state index contributed by atoms with van der Waals surface area (Å²) in [4.78, 5) is 23.2. The number of aliphatic carboxylic acids is 1. The fourth-order valence-electron chi connectivity index (χ4n) is 2.26. The van der Waals surface area contributed by atoms with Crippen molar-refractivity contribution in [3.63, 3.8) is 0 Å². The van der Waals surface area contributed by atoms with E-state index in [1.165, 1.54) is 18.2 Å². The van der Waals surface area contributed by atoms with Crippen LogP contribution in [0.3, 0.4) is 0 Å². The van der Waals surface area contributed by atoms with Crippen LogP contribution in [0.15, 0.2) is 46.4 Å². The highest BCUT2D eigenvalue weighted by molar-refractivity contribution is 9.10. The lowest BCUT2D eigenvalue weighted by Crippen LogP contribution is -2.13. The Kier molecular flexibility index (Phi) is 8.07. The molecule has 7 nitrogen and oxygen atoms in total. The van der Waals surface area contributed by atoms with E-state index in [9.17, 15) is 14.9 Å². The standard InChI is InChI=1S/C20H16BrClN2O5/c1-2-28-17-9-12(8-16(22)19(17)29-11-18(25)26)7-13(10-23)20(27)24-15-5-3-14(21)4-6-15/h3-9H,2,11H2,1H3,(H,24,27)(H,25,26)/b13-7+. The van der Waals surface area contributed by atoms with E-state index in [0.717, 1.165) is 4.47 Å². The number of benzene rings is 2. The molecule has 2 N–H and O–H groups in total. The van der Waals surface area contributed by atoms with Gasteiger partial charge in [-0.05, 0) is 55.0 Å². The fraction of sp³-hybridized carbons (Fsp3) is 0.150. The largest absolute Gasteiger partial charge is 0.490 e. The number of ether oxygens (including phenoxy) is 2. The Hall–Kier alpha value is -3.02. The first-order chi connectivity index (χ1) is 13.8. The number of carbonyl (C=O) groups is 2. The van der Waals surface area contributed by atoms with Gasteiger partial charge in [0, 0.05) is 10.2 Å². The number of carbonyl (C=O) groups excluding carboxylic acids is 1. The van der Waals surface area contributed by atoms with E-state index in [0.29, 0.717) is 11.3 Å². The van der Waals surface area contributed by atoms with Gasteiger partial charge in [-0.25, -0.2) is 4.79 Å². The number of amides is 1. The van der Waals surface area contributed by atoms with Crippen molar-refractivity contribution in [1.29, 1.82) is 5.26 Å². The van der Waals surface area contributed by atoms with Crippen LogP contribution < -0.4 is 14.8 Å². The second-order valence-electron chi connectivity index (χ2n) is 5.58.